The molecule has 3 saturated heterocycles. The SMILES string of the molecule is C[C@@H](CN1CCC[C@H]1CF)Oc1nc(N2CC3CCC(C2)N3)c2cc(Cl)c(-c3ccc(F)c4sc(N)nc34)c(F)c2n1. The number of hydrogen-bond acceptors (Lipinski definition) is 9. The quantitative estimate of drug-likeness (QED) is 0.278. The standard InChI is InChI=1S/C29H31ClF3N7OS/c1-14(11-39-8-2-3-17(39)10-31)41-29-37-24-19(27(38-29)40-12-15-4-5-16(13-40)35-15)9-20(30)22(23(24)33)18-6-7-21(32)26-25(18)36-28(34)42-26/h6-7,9,14-17,35H,2-5,8,10-13H2,1H3,(H2,34,36)/t14-,15?,16?,17-/m0/s1. The van der Waals surface area contributed by atoms with Gasteiger partial charge >= 0.3 is 6.01 Å². The minimum Gasteiger partial charge on any atom is -0.459 e. The van der Waals surface area contributed by atoms with E-state index < -0.39 is 18.3 Å². The fourth-order valence-corrected chi connectivity index (χ4v) is 7.78. The Labute approximate surface area is 250 Å². The molecule has 3 aliphatic rings. The number of fused-ring (bicyclic) bond motifs is 4. The third kappa shape index (κ3) is 4.91. The van der Waals surface area contributed by atoms with E-state index in [0.717, 1.165) is 43.6 Å². The zero-order valence-corrected chi connectivity index (χ0v) is 24.6. The van der Waals surface area contributed by atoms with Crippen LogP contribution in [0, 0.1) is 11.6 Å². The molecule has 0 radical (unpaired) electrons. The van der Waals surface area contributed by atoms with E-state index in [9.17, 15) is 8.78 Å². The number of thiazole rings is 1. The third-order valence-electron chi connectivity index (χ3n) is 8.62. The van der Waals surface area contributed by atoms with Gasteiger partial charge in [-0.2, -0.15) is 9.97 Å². The summed E-state index contributed by atoms with van der Waals surface area (Å²) in [6.45, 7) is 4.22. The molecule has 2 bridgehead atoms. The zero-order chi connectivity index (χ0) is 29.1. The molecule has 2 aromatic heterocycles. The molecular formula is C29H31ClF3N7OS. The fraction of sp³-hybridized carbons (Fsp3) is 0.483. The van der Waals surface area contributed by atoms with Gasteiger partial charge in [-0.05, 0) is 57.4 Å². The number of anilines is 2. The first-order valence-corrected chi connectivity index (χ1v) is 15.5. The second kappa shape index (κ2) is 11.0. The third-order valence-corrected chi connectivity index (χ3v) is 9.81. The van der Waals surface area contributed by atoms with Crippen molar-refractivity contribution in [2.75, 3.05) is 43.5 Å². The summed E-state index contributed by atoms with van der Waals surface area (Å²) in [5.74, 6) is -0.609. The number of likely N-dealkylation sites (tertiary alicyclic amines) is 1. The Hall–Kier alpha value is -2.93. The lowest BCUT2D eigenvalue weighted by Crippen LogP contribution is -2.51. The van der Waals surface area contributed by atoms with Gasteiger partial charge in [0.25, 0.3) is 0 Å². The van der Waals surface area contributed by atoms with Crippen molar-refractivity contribution in [3.8, 4) is 17.1 Å². The van der Waals surface area contributed by atoms with Gasteiger partial charge in [0.2, 0.25) is 0 Å². The molecule has 0 amide bonds. The van der Waals surface area contributed by atoms with E-state index in [1.165, 1.54) is 12.1 Å². The number of aromatic nitrogens is 3. The van der Waals surface area contributed by atoms with Crippen molar-refractivity contribution in [3.63, 3.8) is 0 Å². The number of hydrogen-bond donors (Lipinski definition) is 2. The van der Waals surface area contributed by atoms with Crippen LogP contribution in [-0.2, 0) is 0 Å². The lowest BCUT2D eigenvalue weighted by atomic mass is 10.0. The van der Waals surface area contributed by atoms with Crippen molar-refractivity contribution in [3.05, 3.63) is 34.9 Å². The Morgan fingerprint density at radius 3 is 2.69 bits per heavy atom. The van der Waals surface area contributed by atoms with Gasteiger partial charge in [0, 0.05) is 54.3 Å². The minimum atomic E-state index is -0.673. The smallest absolute Gasteiger partial charge is 0.319 e. The molecule has 2 unspecified atom stereocenters. The first-order valence-electron chi connectivity index (χ1n) is 14.3. The molecule has 3 N–H and O–H groups in total. The average Bonchev–Trinajstić information content (AvgIpc) is 3.67. The number of nitrogen functional groups attached to an aromatic ring is 1. The molecule has 0 aliphatic carbocycles. The summed E-state index contributed by atoms with van der Waals surface area (Å²) in [5.41, 5.74) is 6.57. The molecule has 2 aromatic carbocycles. The molecular weight excluding hydrogens is 587 g/mol. The Kier molecular flexibility index (Phi) is 7.28. The molecule has 5 heterocycles. The molecule has 222 valence electrons. The normalized spacial score (nSPS) is 23.4. The van der Waals surface area contributed by atoms with Gasteiger partial charge in [0.1, 0.15) is 29.9 Å². The molecule has 4 aromatic rings. The summed E-state index contributed by atoms with van der Waals surface area (Å²) >= 11 is 7.77. The first kappa shape index (κ1) is 27.9. The summed E-state index contributed by atoms with van der Waals surface area (Å²) in [4.78, 5) is 17.8. The summed E-state index contributed by atoms with van der Waals surface area (Å²) in [5, 5.41) is 4.39. The van der Waals surface area contributed by atoms with Crippen molar-refractivity contribution in [2.45, 2.75) is 56.8 Å². The average molecular weight is 618 g/mol. The topological polar surface area (TPSA) is 92.4 Å². The summed E-state index contributed by atoms with van der Waals surface area (Å²) in [6, 6.07) is 4.94. The number of piperazine rings is 1. The highest BCUT2D eigenvalue weighted by atomic mass is 35.5. The van der Waals surface area contributed by atoms with E-state index in [1.807, 2.05) is 6.92 Å². The van der Waals surface area contributed by atoms with Crippen molar-refractivity contribution < 1.29 is 17.9 Å². The van der Waals surface area contributed by atoms with Crippen LogP contribution in [0.2, 0.25) is 5.02 Å². The van der Waals surface area contributed by atoms with E-state index in [4.69, 9.17) is 27.1 Å². The first-order chi connectivity index (χ1) is 20.3. The van der Waals surface area contributed by atoms with Gasteiger partial charge in [0.05, 0.1) is 15.2 Å². The second-order valence-corrected chi connectivity index (χ2v) is 13.0. The molecule has 3 aliphatic heterocycles. The van der Waals surface area contributed by atoms with Crippen LogP contribution in [-0.4, -0.2) is 76.9 Å². The predicted octanol–water partition coefficient (Wildman–Crippen LogP) is 5.56. The van der Waals surface area contributed by atoms with E-state index in [0.29, 0.717) is 48.5 Å². The molecule has 4 atom stereocenters. The van der Waals surface area contributed by atoms with Crippen LogP contribution in [0.4, 0.5) is 24.1 Å². The highest BCUT2D eigenvalue weighted by molar-refractivity contribution is 7.22. The van der Waals surface area contributed by atoms with Crippen molar-refractivity contribution in [1.29, 1.82) is 0 Å². The Balaban J connectivity index is 1.34. The van der Waals surface area contributed by atoms with E-state index in [1.54, 1.807) is 6.07 Å². The van der Waals surface area contributed by atoms with Crippen LogP contribution >= 0.6 is 22.9 Å². The van der Waals surface area contributed by atoms with Gasteiger partial charge in [-0.3, -0.25) is 4.90 Å². The monoisotopic (exact) mass is 617 g/mol. The highest BCUT2D eigenvalue weighted by Gasteiger charge is 2.35. The number of nitrogens with zero attached hydrogens (tertiary/aromatic N) is 5. The van der Waals surface area contributed by atoms with Crippen LogP contribution < -0.4 is 20.7 Å². The maximum absolute atomic E-state index is 16.6. The lowest BCUT2D eigenvalue weighted by molar-refractivity contribution is 0.119. The highest BCUT2D eigenvalue weighted by Crippen LogP contribution is 2.43. The zero-order valence-electron chi connectivity index (χ0n) is 23.0. The number of nitrogens with two attached hydrogens (primary N) is 1. The molecule has 13 heteroatoms. The predicted molar refractivity (Wildman–Crippen MR) is 160 cm³/mol. The Morgan fingerprint density at radius 2 is 1.93 bits per heavy atom. The van der Waals surface area contributed by atoms with Crippen LogP contribution in [0.5, 0.6) is 6.01 Å². The Bertz CT molecular complexity index is 1660. The summed E-state index contributed by atoms with van der Waals surface area (Å²) < 4.78 is 51.1. The van der Waals surface area contributed by atoms with Crippen molar-refractivity contribution in [1.82, 2.24) is 25.2 Å². The number of halogens is 4. The second-order valence-electron chi connectivity index (χ2n) is 11.5. The molecule has 0 saturated carbocycles. The summed E-state index contributed by atoms with van der Waals surface area (Å²) in [7, 11) is 0. The number of alkyl halides is 1. The van der Waals surface area contributed by atoms with Crippen molar-refractivity contribution >= 4 is 55.0 Å². The number of rotatable bonds is 7. The number of nitrogens with one attached hydrogen (secondary N) is 1. The maximum atomic E-state index is 16.6. The lowest BCUT2D eigenvalue weighted by Gasteiger charge is -2.34. The molecule has 8 nitrogen and oxygen atoms in total. The van der Waals surface area contributed by atoms with Gasteiger partial charge in [-0.15, -0.1) is 0 Å². The maximum Gasteiger partial charge on any atom is 0.319 e. The van der Waals surface area contributed by atoms with E-state index >= 15 is 4.39 Å². The van der Waals surface area contributed by atoms with E-state index in [-0.39, 0.29) is 49.6 Å². The van der Waals surface area contributed by atoms with Gasteiger partial charge in [-0.25, -0.2) is 18.2 Å². The van der Waals surface area contributed by atoms with Gasteiger partial charge < -0.3 is 20.7 Å². The van der Waals surface area contributed by atoms with Gasteiger partial charge in [-0.1, -0.05) is 22.9 Å². The number of benzene rings is 2. The fourth-order valence-electron chi connectivity index (χ4n) is 6.72. The molecule has 3 fully saturated rings. The van der Waals surface area contributed by atoms with Crippen LogP contribution in [0.3, 0.4) is 0 Å². The summed E-state index contributed by atoms with van der Waals surface area (Å²) in [6.07, 6.45) is 3.53. The van der Waals surface area contributed by atoms with Crippen LogP contribution in [0.1, 0.15) is 32.6 Å². The largest absolute Gasteiger partial charge is 0.459 e. The number of ether oxygens (including phenoxy) is 1. The van der Waals surface area contributed by atoms with E-state index in [2.05, 4.69) is 25.1 Å². The molecule has 7 rings (SSSR count). The van der Waals surface area contributed by atoms with Crippen LogP contribution in [0.25, 0.3) is 32.2 Å². The molecule has 42 heavy (non-hydrogen) atoms. The molecule has 0 spiro atoms. The van der Waals surface area contributed by atoms with Gasteiger partial charge in [0.15, 0.2) is 10.9 Å². The minimum absolute atomic E-state index is 0.0428. The van der Waals surface area contributed by atoms with Crippen LogP contribution in [0.15, 0.2) is 18.2 Å². The Morgan fingerprint density at radius 1 is 1.14 bits per heavy atom. The van der Waals surface area contributed by atoms with Crippen molar-refractivity contribution in [2.24, 2.45) is 0 Å².